The molecule has 0 radical (unpaired) electrons. The highest BCUT2D eigenvalue weighted by molar-refractivity contribution is 5.81. The Morgan fingerprint density at radius 3 is 0.933 bits per heavy atom. The van der Waals surface area contributed by atoms with Gasteiger partial charge in [0.1, 0.15) is 0 Å². The predicted octanol–water partition coefficient (Wildman–Crippen LogP) is 5.16. The Balaban J connectivity index is 1.91. The molecule has 0 spiro atoms. The molecule has 3 heteroatoms. The second-order valence-electron chi connectivity index (χ2n) is 7.37. The lowest BCUT2D eigenvalue weighted by Crippen LogP contribution is -1.90. The molecule has 3 nitrogen and oxygen atoms in total. The van der Waals surface area contributed by atoms with Crippen LogP contribution in [0.5, 0.6) is 0 Å². The van der Waals surface area contributed by atoms with E-state index in [2.05, 4.69) is 18.2 Å². The Kier molecular flexibility index (Phi) is 6.05. The lowest BCUT2D eigenvalue weighted by Gasteiger charge is -2.13. The van der Waals surface area contributed by atoms with Crippen molar-refractivity contribution in [1.29, 1.82) is 0 Å². The minimum Gasteiger partial charge on any atom is -0.392 e. The van der Waals surface area contributed by atoms with Crippen LogP contribution in [0.2, 0.25) is 0 Å². The molecule has 0 aromatic heterocycles. The fourth-order valence-corrected chi connectivity index (χ4v) is 3.68. The molecule has 0 heterocycles. The van der Waals surface area contributed by atoms with Gasteiger partial charge in [-0.05, 0) is 86.5 Å². The predicted molar refractivity (Wildman–Crippen MR) is 121 cm³/mol. The van der Waals surface area contributed by atoms with Crippen LogP contribution in [0.3, 0.4) is 0 Å². The van der Waals surface area contributed by atoms with Crippen LogP contribution in [-0.4, -0.2) is 15.3 Å². The molecule has 0 atom stereocenters. The van der Waals surface area contributed by atoms with Crippen molar-refractivity contribution in [2.24, 2.45) is 0 Å². The molecule has 0 unspecified atom stereocenters. The van der Waals surface area contributed by atoms with Crippen molar-refractivity contribution < 1.29 is 15.3 Å². The molecule has 150 valence electrons. The maximum Gasteiger partial charge on any atom is 0.0682 e. The number of hydrogen-bond acceptors (Lipinski definition) is 3. The van der Waals surface area contributed by atoms with Gasteiger partial charge in [-0.3, -0.25) is 0 Å². The molecule has 0 aliphatic carbocycles. The number of hydrogen-bond donors (Lipinski definition) is 3. The van der Waals surface area contributed by atoms with E-state index in [1.165, 1.54) is 0 Å². The number of benzene rings is 4. The average molecular weight is 396 g/mol. The van der Waals surface area contributed by atoms with Crippen molar-refractivity contribution in [1.82, 2.24) is 0 Å². The van der Waals surface area contributed by atoms with E-state index in [-0.39, 0.29) is 19.8 Å². The van der Waals surface area contributed by atoms with E-state index in [1.54, 1.807) is 0 Å². The van der Waals surface area contributed by atoms with Gasteiger partial charge < -0.3 is 15.3 Å². The van der Waals surface area contributed by atoms with Crippen molar-refractivity contribution in [3.63, 3.8) is 0 Å². The molecule has 0 saturated carbocycles. The second kappa shape index (κ2) is 9.06. The molecule has 4 aromatic rings. The summed E-state index contributed by atoms with van der Waals surface area (Å²) >= 11 is 0. The normalized spacial score (nSPS) is 10.9. The van der Waals surface area contributed by atoms with Gasteiger partial charge in [0.25, 0.3) is 0 Å². The molecule has 30 heavy (non-hydrogen) atoms. The Morgan fingerprint density at radius 1 is 0.367 bits per heavy atom. The van der Waals surface area contributed by atoms with Crippen LogP contribution in [0.4, 0.5) is 0 Å². The van der Waals surface area contributed by atoms with E-state index in [9.17, 15) is 15.3 Å². The van der Waals surface area contributed by atoms with E-state index >= 15 is 0 Å². The summed E-state index contributed by atoms with van der Waals surface area (Å²) in [6, 6.07) is 30.1. The first kappa shape index (κ1) is 20.0. The van der Waals surface area contributed by atoms with Gasteiger partial charge in [-0.2, -0.15) is 0 Å². The van der Waals surface area contributed by atoms with Gasteiger partial charge in [0.05, 0.1) is 19.8 Å². The quantitative estimate of drug-likeness (QED) is 0.422. The van der Waals surface area contributed by atoms with Crippen molar-refractivity contribution in [3.8, 4) is 33.4 Å². The van der Waals surface area contributed by atoms with Gasteiger partial charge in [-0.25, -0.2) is 0 Å². The van der Waals surface area contributed by atoms with Gasteiger partial charge in [-0.15, -0.1) is 0 Å². The van der Waals surface area contributed by atoms with E-state index < -0.39 is 0 Å². The van der Waals surface area contributed by atoms with Crippen LogP contribution in [0.15, 0.2) is 91.0 Å². The monoisotopic (exact) mass is 396 g/mol. The minimum atomic E-state index is -0.00250. The van der Waals surface area contributed by atoms with E-state index in [0.29, 0.717) is 0 Å². The van der Waals surface area contributed by atoms with Crippen LogP contribution in [0.25, 0.3) is 33.4 Å². The minimum absolute atomic E-state index is 0.00250. The Hall–Kier alpha value is -3.24. The van der Waals surface area contributed by atoms with Crippen LogP contribution < -0.4 is 0 Å². The Bertz CT molecular complexity index is 1010. The van der Waals surface area contributed by atoms with E-state index in [4.69, 9.17) is 0 Å². The lowest BCUT2D eigenvalue weighted by molar-refractivity contribution is 0.281. The SMILES string of the molecule is OCc1cccc(-c2cc(-c3cccc(CO)c3)cc(-c3cccc(CO)c3)c2)c1. The van der Waals surface area contributed by atoms with Crippen LogP contribution in [0, 0.1) is 0 Å². The molecular weight excluding hydrogens is 372 g/mol. The zero-order valence-corrected chi connectivity index (χ0v) is 16.6. The summed E-state index contributed by atoms with van der Waals surface area (Å²) in [5, 5.41) is 28.6. The topological polar surface area (TPSA) is 60.7 Å². The van der Waals surface area contributed by atoms with Gasteiger partial charge in [-0.1, -0.05) is 54.6 Å². The molecule has 4 aromatic carbocycles. The summed E-state index contributed by atoms with van der Waals surface area (Å²) in [4.78, 5) is 0. The Labute approximate surface area is 176 Å². The van der Waals surface area contributed by atoms with E-state index in [1.807, 2.05) is 72.8 Å². The number of aliphatic hydroxyl groups is 3. The molecule has 4 rings (SSSR count). The summed E-state index contributed by atoms with van der Waals surface area (Å²) in [5.41, 5.74) is 8.81. The van der Waals surface area contributed by atoms with Crippen LogP contribution in [0.1, 0.15) is 16.7 Å². The van der Waals surface area contributed by atoms with Crippen molar-refractivity contribution in [2.75, 3.05) is 0 Å². The maximum atomic E-state index is 9.54. The highest BCUT2D eigenvalue weighted by atomic mass is 16.3. The van der Waals surface area contributed by atoms with Gasteiger partial charge in [0.15, 0.2) is 0 Å². The highest BCUT2D eigenvalue weighted by Gasteiger charge is 2.09. The first-order chi connectivity index (χ1) is 14.7. The Morgan fingerprint density at radius 2 is 0.667 bits per heavy atom. The number of rotatable bonds is 6. The first-order valence-electron chi connectivity index (χ1n) is 9.96. The summed E-state index contributed by atoms with van der Waals surface area (Å²) < 4.78 is 0. The third-order valence-corrected chi connectivity index (χ3v) is 5.26. The van der Waals surface area contributed by atoms with Gasteiger partial charge in [0, 0.05) is 0 Å². The van der Waals surface area contributed by atoms with Crippen LogP contribution >= 0.6 is 0 Å². The summed E-state index contributed by atoms with van der Waals surface area (Å²) in [6.07, 6.45) is 0. The molecule has 0 aliphatic heterocycles. The smallest absolute Gasteiger partial charge is 0.0682 e. The molecular formula is C27H24O3. The van der Waals surface area contributed by atoms with Gasteiger partial charge >= 0.3 is 0 Å². The second-order valence-corrected chi connectivity index (χ2v) is 7.37. The maximum absolute atomic E-state index is 9.54. The van der Waals surface area contributed by atoms with E-state index in [0.717, 1.165) is 50.1 Å². The standard InChI is InChI=1S/C27H24O3/c28-16-19-4-1-7-22(10-19)25-13-26(23-8-2-5-20(11-23)17-29)15-27(14-25)24-9-3-6-21(12-24)18-30/h1-15,28-30H,16-18H2. The van der Waals surface area contributed by atoms with Crippen molar-refractivity contribution in [2.45, 2.75) is 19.8 Å². The zero-order chi connectivity index (χ0) is 20.9. The largest absolute Gasteiger partial charge is 0.392 e. The summed E-state index contributed by atoms with van der Waals surface area (Å²) in [7, 11) is 0. The molecule has 0 amide bonds. The molecule has 0 bridgehead atoms. The molecule has 3 N–H and O–H groups in total. The van der Waals surface area contributed by atoms with Crippen LogP contribution in [-0.2, 0) is 19.8 Å². The van der Waals surface area contributed by atoms with Gasteiger partial charge in [0.2, 0.25) is 0 Å². The van der Waals surface area contributed by atoms with Crippen molar-refractivity contribution >= 4 is 0 Å². The summed E-state index contributed by atoms with van der Waals surface area (Å²) in [5.74, 6) is 0. The molecule has 0 fully saturated rings. The highest BCUT2D eigenvalue weighted by Crippen LogP contribution is 2.34. The average Bonchev–Trinajstić information content (AvgIpc) is 2.83. The molecule has 0 aliphatic rings. The first-order valence-corrected chi connectivity index (χ1v) is 9.96. The number of aliphatic hydroxyl groups excluding tert-OH is 3. The summed E-state index contributed by atoms with van der Waals surface area (Å²) in [6.45, 7) is -0.00750. The fraction of sp³-hybridized carbons (Fsp3) is 0.111. The third kappa shape index (κ3) is 4.34. The molecule has 0 saturated heterocycles. The fourth-order valence-electron chi connectivity index (χ4n) is 3.68. The lowest BCUT2D eigenvalue weighted by atomic mass is 9.92. The zero-order valence-electron chi connectivity index (χ0n) is 16.6. The third-order valence-electron chi connectivity index (χ3n) is 5.26. The van der Waals surface area contributed by atoms with Crippen molar-refractivity contribution in [3.05, 3.63) is 108 Å².